The van der Waals surface area contributed by atoms with Crippen LogP contribution in [0.3, 0.4) is 0 Å². The van der Waals surface area contributed by atoms with Crippen molar-refractivity contribution < 1.29 is 22.7 Å². The number of esters is 1. The highest BCUT2D eigenvalue weighted by atomic mass is 35.5. The van der Waals surface area contributed by atoms with Crippen molar-refractivity contribution in [2.75, 3.05) is 11.9 Å². The number of anilines is 1. The first-order valence-electron chi connectivity index (χ1n) is 9.15. The van der Waals surface area contributed by atoms with E-state index in [0.29, 0.717) is 12.1 Å². The third-order valence-corrected chi connectivity index (χ3v) is 5.73. The molecule has 3 N–H and O–H groups in total. The summed E-state index contributed by atoms with van der Waals surface area (Å²) in [6, 6.07) is 20.6. The van der Waals surface area contributed by atoms with E-state index in [1.165, 1.54) is 12.1 Å². The molecule has 0 saturated heterocycles. The zero-order chi connectivity index (χ0) is 22.4. The van der Waals surface area contributed by atoms with Crippen molar-refractivity contribution in [3.05, 3.63) is 94.5 Å². The van der Waals surface area contributed by atoms with Crippen molar-refractivity contribution in [3.63, 3.8) is 0 Å². The number of hydrogen-bond acceptors (Lipinski definition) is 5. The quantitative estimate of drug-likeness (QED) is 0.526. The first-order chi connectivity index (χ1) is 14.7. The zero-order valence-electron chi connectivity index (χ0n) is 16.2. The van der Waals surface area contributed by atoms with E-state index in [-0.39, 0.29) is 10.6 Å². The summed E-state index contributed by atoms with van der Waals surface area (Å²) in [5.74, 6) is -1.41. The molecule has 0 radical (unpaired) electrons. The van der Waals surface area contributed by atoms with Crippen LogP contribution >= 0.6 is 11.6 Å². The van der Waals surface area contributed by atoms with Crippen LogP contribution in [0, 0.1) is 0 Å². The number of ether oxygens (including phenoxy) is 1. The van der Waals surface area contributed by atoms with E-state index in [0.717, 1.165) is 17.2 Å². The molecule has 0 aliphatic heterocycles. The van der Waals surface area contributed by atoms with Crippen molar-refractivity contribution in [3.8, 4) is 0 Å². The van der Waals surface area contributed by atoms with Crippen LogP contribution in [0.4, 0.5) is 5.69 Å². The van der Waals surface area contributed by atoms with Gasteiger partial charge in [-0.05, 0) is 41.8 Å². The molecular weight excluding hydrogens is 440 g/mol. The van der Waals surface area contributed by atoms with Crippen molar-refractivity contribution in [2.45, 2.75) is 11.3 Å². The van der Waals surface area contributed by atoms with Gasteiger partial charge in [0, 0.05) is 5.69 Å². The smallest absolute Gasteiger partial charge is 0.338 e. The minimum Gasteiger partial charge on any atom is -0.452 e. The lowest BCUT2D eigenvalue weighted by atomic mass is 10.0. The Morgan fingerprint density at radius 3 is 2.35 bits per heavy atom. The van der Waals surface area contributed by atoms with E-state index in [1.54, 1.807) is 12.1 Å². The molecule has 0 saturated carbocycles. The third kappa shape index (κ3) is 6.14. The second-order valence-electron chi connectivity index (χ2n) is 6.63. The van der Waals surface area contributed by atoms with Crippen LogP contribution in [-0.2, 0) is 26.0 Å². The number of sulfonamides is 1. The van der Waals surface area contributed by atoms with Gasteiger partial charge in [0.1, 0.15) is 4.90 Å². The van der Waals surface area contributed by atoms with Crippen molar-refractivity contribution in [1.29, 1.82) is 0 Å². The van der Waals surface area contributed by atoms with Crippen LogP contribution in [0.2, 0.25) is 5.02 Å². The van der Waals surface area contributed by atoms with E-state index in [4.69, 9.17) is 21.5 Å². The first-order valence-corrected chi connectivity index (χ1v) is 11.1. The van der Waals surface area contributed by atoms with Crippen molar-refractivity contribution in [1.82, 2.24) is 0 Å². The van der Waals surface area contributed by atoms with Gasteiger partial charge in [0.15, 0.2) is 6.61 Å². The molecule has 160 valence electrons. The van der Waals surface area contributed by atoms with Crippen LogP contribution in [-0.4, -0.2) is 26.9 Å². The molecule has 31 heavy (non-hydrogen) atoms. The van der Waals surface area contributed by atoms with Crippen LogP contribution in [0.15, 0.2) is 77.7 Å². The molecule has 3 aromatic carbocycles. The number of primary sulfonamides is 1. The number of carbonyl (C=O) groups excluding carboxylic acids is 2. The lowest BCUT2D eigenvalue weighted by molar-refractivity contribution is -0.119. The van der Waals surface area contributed by atoms with E-state index in [2.05, 4.69) is 5.32 Å². The lowest BCUT2D eigenvalue weighted by Crippen LogP contribution is -2.22. The molecule has 0 fully saturated rings. The van der Waals surface area contributed by atoms with E-state index >= 15 is 0 Å². The van der Waals surface area contributed by atoms with Gasteiger partial charge in [-0.15, -0.1) is 0 Å². The highest BCUT2D eigenvalue weighted by Crippen LogP contribution is 2.22. The summed E-state index contributed by atoms with van der Waals surface area (Å²) in [4.78, 5) is 24.1. The molecule has 0 heterocycles. The van der Waals surface area contributed by atoms with Crippen LogP contribution in [0.1, 0.15) is 21.5 Å². The van der Waals surface area contributed by atoms with E-state index < -0.39 is 33.4 Å². The molecule has 0 spiro atoms. The summed E-state index contributed by atoms with van der Waals surface area (Å²) >= 11 is 5.80. The van der Waals surface area contributed by atoms with Gasteiger partial charge < -0.3 is 10.1 Å². The number of rotatable bonds is 7. The SMILES string of the molecule is NS(=O)(=O)c1cc(C(=O)OCC(=O)Nc2ccccc2Cc2ccccc2)ccc1Cl. The van der Waals surface area contributed by atoms with Crippen molar-refractivity contribution in [2.24, 2.45) is 5.14 Å². The summed E-state index contributed by atoms with van der Waals surface area (Å²) in [7, 11) is -4.11. The fourth-order valence-corrected chi connectivity index (χ4v) is 3.93. The van der Waals surface area contributed by atoms with Crippen LogP contribution < -0.4 is 10.5 Å². The Morgan fingerprint density at radius 2 is 1.65 bits per heavy atom. The number of nitrogens with one attached hydrogen (secondary N) is 1. The van der Waals surface area contributed by atoms with Crippen LogP contribution in [0.25, 0.3) is 0 Å². The Kier molecular flexibility index (Phi) is 7.06. The standard InChI is InChI=1S/C22H19ClN2O5S/c23-18-11-10-17(13-20(18)31(24,28)29)22(27)30-14-21(26)25-19-9-5-4-8-16(19)12-15-6-2-1-3-7-15/h1-11,13H,12,14H2,(H,25,26)(H2,24,28,29). The average molecular weight is 459 g/mol. The highest BCUT2D eigenvalue weighted by Gasteiger charge is 2.18. The van der Waals surface area contributed by atoms with Gasteiger partial charge in [-0.3, -0.25) is 4.79 Å². The molecule has 0 aliphatic carbocycles. The van der Waals surface area contributed by atoms with Gasteiger partial charge in [0.25, 0.3) is 5.91 Å². The van der Waals surface area contributed by atoms with Gasteiger partial charge in [-0.25, -0.2) is 18.4 Å². The fourth-order valence-electron chi connectivity index (χ4n) is 2.86. The molecule has 3 aromatic rings. The number of amides is 1. The maximum Gasteiger partial charge on any atom is 0.338 e. The van der Waals surface area contributed by atoms with Gasteiger partial charge in [0.05, 0.1) is 10.6 Å². The highest BCUT2D eigenvalue weighted by molar-refractivity contribution is 7.89. The third-order valence-electron chi connectivity index (χ3n) is 4.34. The molecule has 7 nitrogen and oxygen atoms in total. The Labute approximate surface area is 184 Å². The molecule has 0 aromatic heterocycles. The molecule has 0 unspecified atom stereocenters. The Balaban J connectivity index is 1.64. The molecule has 0 aliphatic rings. The van der Waals surface area contributed by atoms with Gasteiger partial charge in [-0.2, -0.15) is 0 Å². The number of benzene rings is 3. The van der Waals surface area contributed by atoms with Crippen LogP contribution in [0.5, 0.6) is 0 Å². The summed E-state index contributed by atoms with van der Waals surface area (Å²) in [5.41, 5.74) is 2.51. The van der Waals surface area contributed by atoms with E-state index in [9.17, 15) is 18.0 Å². The molecular formula is C22H19ClN2O5S. The minimum absolute atomic E-state index is 0.0919. The summed E-state index contributed by atoms with van der Waals surface area (Å²) in [6.45, 7) is -0.550. The maximum absolute atomic E-state index is 12.3. The molecule has 0 bridgehead atoms. The fraction of sp³-hybridized carbons (Fsp3) is 0.0909. The normalized spacial score (nSPS) is 11.0. The largest absolute Gasteiger partial charge is 0.452 e. The Hall–Kier alpha value is -3.20. The number of para-hydroxylation sites is 1. The summed E-state index contributed by atoms with van der Waals surface area (Å²) < 4.78 is 28.1. The molecule has 9 heteroatoms. The predicted molar refractivity (Wildman–Crippen MR) is 117 cm³/mol. The molecule has 3 rings (SSSR count). The number of halogens is 1. The predicted octanol–water partition coefficient (Wildman–Crippen LogP) is 3.37. The second kappa shape index (κ2) is 9.74. The monoisotopic (exact) mass is 458 g/mol. The zero-order valence-corrected chi connectivity index (χ0v) is 17.8. The number of carbonyl (C=O) groups is 2. The van der Waals surface area contributed by atoms with Crippen molar-refractivity contribution >= 4 is 39.2 Å². The second-order valence-corrected chi connectivity index (χ2v) is 8.57. The lowest BCUT2D eigenvalue weighted by Gasteiger charge is -2.12. The minimum atomic E-state index is -4.11. The van der Waals surface area contributed by atoms with Gasteiger partial charge >= 0.3 is 5.97 Å². The average Bonchev–Trinajstić information content (AvgIpc) is 2.73. The Morgan fingerprint density at radius 1 is 0.968 bits per heavy atom. The van der Waals surface area contributed by atoms with Gasteiger partial charge in [0.2, 0.25) is 10.0 Å². The number of nitrogens with two attached hydrogens (primary N) is 1. The van der Waals surface area contributed by atoms with E-state index in [1.807, 2.05) is 42.5 Å². The Bertz CT molecular complexity index is 1210. The molecule has 1 amide bonds. The summed E-state index contributed by atoms with van der Waals surface area (Å²) in [6.07, 6.45) is 0.623. The topological polar surface area (TPSA) is 116 Å². The summed E-state index contributed by atoms with van der Waals surface area (Å²) in [5, 5.41) is 7.69. The first kappa shape index (κ1) is 22.5. The maximum atomic E-state index is 12.3. The molecule has 0 atom stereocenters. The van der Waals surface area contributed by atoms with Gasteiger partial charge in [-0.1, -0.05) is 60.1 Å². The number of hydrogen-bond donors (Lipinski definition) is 2.